The van der Waals surface area contributed by atoms with Crippen molar-refractivity contribution in [1.82, 2.24) is 0 Å². The van der Waals surface area contributed by atoms with Gasteiger partial charge in [0.15, 0.2) is 0 Å². The Hall–Kier alpha value is -2.34. The molecule has 0 aliphatic carbocycles. The molecule has 0 spiro atoms. The first kappa shape index (κ1) is 13.6. The van der Waals surface area contributed by atoms with Gasteiger partial charge < -0.3 is 0 Å². The first-order valence-electron chi connectivity index (χ1n) is 7.53. The third kappa shape index (κ3) is 2.62. The van der Waals surface area contributed by atoms with Crippen LogP contribution in [0.3, 0.4) is 0 Å². The summed E-state index contributed by atoms with van der Waals surface area (Å²) in [5.41, 5.74) is 5.40. The van der Waals surface area contributed by atoms with Crippen LogP contribution in [0.1, 0.15) is 29.2 Å². The fourth-order valence-corrected chi connectivity index (χ4v) is 3.04. The second-order valence-electron chi connectivity index (χ2n) is 5.37. The zero-order chi connectivity index (χ0) is 14.7. The molecule has 0 N–H and O–H groups in total. The summed E-state index contributed by atoms with van der Waals surface area (Å²) in [6.07, 6.45) is 3.97. The number of fused-ring (bicyclic) bond motifs is 1. The molecular formula is C21H20. The van der Waals surface area contributed by atoms with E-state index in [-0.39, 0.29) is 0 Å². The lowest BCUT2D eigenvalue weighted by Gasteiger charge is -2.12. The van der Waals surface area contributed by atoms with Gasteiger partial charge in [0.1, 0.15) is 0 Å². The summed E-state index contributed by atoms with van der Waals surface area (Å²) in [5, 5.41) is 2.75. The summed E-state index contributed by atoms with van der Waals surface area (Å²) in [6.45, 7) is 6.15. The minimum absolute atomic E-state index is 0.955. The van der Waals surface area contributed by atoms with Crippen molar-refractivity contribution >= 4 is 16.8 Å². The SMILES string of the molecule is C=Cc1ccccc1Cc1cccc2cccc(CC)c12. The highest BCUT2D eigenvalue weighted by Gasteiger charge is 2.07. The topological polar surface area (TPSA) is 0 Å². The zero-order valence-electron chi connectivity index (χ0n) is 12.5. The van der Waals surface area contributed by atoms with Crippen molar-refractivity contribution in [2.24, 2.45) is 0 Å². The summed E-state index contributed by atoms with van der Waals surface area (Å²) in [4.78, 5) is 0. The fourth-order valence-electron chi connectivity index (χ4n) is 3.04. The average molecular weight is 272 g/mol. The molecule has 0 aromatic heterocycles. The van der Waals surface area contributed by atoms with E-state index in [0.717, 1.165) is 12.8 Å². The minimum atomic E-state index is 0.955. The first-order valence-corrected chi connectivity index (χ1v) is 7.53. The van der Waals surface area contributed by atoms with Crippen molar-refractivity contribution in [1.29, 1.82) is 0 Å². The maximum atomic E-state index is 3.93. The second-order valence-corrected chi connectivity index (χ2v) is 5.37. The number of benzene rings is 3. The lowest BCUT2D eigenvalue weighted by molar-refractivity contribution is 1.14. The van der Waals surface area contributed by atoms with Crippen LogP contribution in [0.15, 0.2) is 67.2 Å². The second kappa shape index (κ2) is 5.97. The monoisotopic (exact) mass is 272 g/mol. The summed E-state index contributed by atoms with van der Waals surface area (Å²) in [5.74, 6) is 0. The van der Waals surface area contributed by atoms with Gasteiger partial charge in [-0.15, -0.1) is 0 Å². The third-order valence-electron chi connectivity index (χ3n) is 4.11. The summed E-state index contributed by atoms with van der Waals surface area (Å²) in [6, 6.07) is 21.7. The zero-order valence-corrected chi connectivity index (χ0v) is 12.5. The van der Waals surface area contributed by atoms with E-state index in [1.165, 1.54) is 33.0 Å². The molecule has 0 radical (unpaired) electrons. The van der Waals surface area contributed by atoms with E-state index in [0.29, 0.717) is 0 Å². The number of hydrogen-bond acceptors (Lipinski definition) is 0. The van der Waals surface area contributed by atoms with Crippen LogP contribution >= 0.6 is 0 Å². The Morgan fingerprint density at radius 1 is 0.810 bits per heavy atom. The van der Waals surface area contributed by atoms with Crippen LogP contribution in [0.4, 0.5) is 0 Å². The van der Waals surface area contributed by atoms with Gasteiger partial charge in [-0.3, -0.25) is 0 Å². The molecule has 0 bridgehead atoms. The van der Waals surface area contributed by atoms with Crippen LogP contribution < -0.4 is 0 Å². The van der Waals surface area contributed by atoms with Crippen LogP contribution in [0.2, 0.25) is 0 Å². The lowest BCUT2D eigenvalue weighted by Crippen LogP contribution is -1.95. The highest BCUT2D eigenvalue weighted by Crippen LogP contribution is 2.26. The van der Waals surface area contributed by atoms with Crippen LogP contribution in [0, 0.1) is 0 Å². The van der Waals surface area contributed by atoms with Crippen molar-refractivity contribution in [3.8, 4) is 0 Å². The van der Waals surface area contributed by atoms with Gasteiger partial charge in [0.2, 0.25) is 0 Å². The van der Waals surface area contributed by atoms with Crippen molar-refractivity contribution in [2.45, 2.75) is 19.8 Å². The highest BCUT2D eigenvalue weighted by molar-refractivity contribution is 5.89. The Kier molecular flexibility index (Phi) is 3.87. The van der Waals surface area contributed by atoms with Crippen LogP contribution in [0.25, 0.3) is 16.8 Å². The maximum Gasteiger partial charge on any atom is -0.00136 e. The van der Waals surface area contributed by atoms with E-state index in [4.69, 9.17) is 0 Å². The summed E-state index contributed by atoms with van der Waals surface area (Å²) < 4.78 is 0. The van der Waals surface area contributed by atoms with E-state index in [1.807, 2.05) is 6.08 Å². The van der Waals surface area contributed by atoms with E-state index in [2.05, 4.69) is 74.2 Å². The largest absolute Gasteiger partial charge is 0.0985 e. The van der Waals surface area contributed by atoms with E-state index < -0.39 is 0 Å². The number of rotatable bonds is 4. The van der Waals surface area contributed by atoms with E-state index in [1.54, 1.807) is 0 Å². The van der Waals surface area contributed by atoms with Crippen LogP contribution in [-0.2, 0) is 12.8 Å². The molecule has 3 aromatic rings. The predicted octanol–water partition coefficient (Wildman–Crippen LogP) is 5.64. The van der Waals surface area contributed by atoms with E-state index >= 15 is 0 Å². The quantitative estimate of drug-likeness (QED) is 0.577. The molecule has 0 aliphatic heterocycles. The molecule has 0 unspecified atom stereocenters. The molecule has 0 fully saturated rings. The molecule has 0 atom stereocenters. The van der Waals surface area contributed by atoms with Gasteiger partial charge in [0, 0.05) is 0 Å². The van der Waals surface area contributed by atoms with Gasteiger partial charge in [-0.05, 0) is 45.9 Å². The molecular weight excluding hydrogens is 252 g/mol. The molecule has 0 aliphatic rings. The Morgan fingerprint density at radius 2 is 1.48 bits per heavy atom. The van der Waals surface area contributed by atoms with Gasteiger partial charge in [-0.1, -0.05) is 80.2 Å². The molecule has 0 heterocycles. The smallest absolute Gasteiger partial charge is 0.00136 e. The number of aryl methyl sites for hydroxylation is 1. The molecule has 21 heavy (non-hydrogen) atoms. The lowest BCUT2D eigenvalue weighted by atomic mass is 9.92. The average Bonchev–Trinajstić information content (AvgIpc) is 2.55. The van der Waals surface area contributed by atoms with Crippen LogP contribution in [-0.4, -0.2) is 0 Å². The van der Waals surface area contributed by atoms with Gasteiger partial charge in [0.05, 0.1) is 0 Å². The van der Waals surface area contributed by atoms with Crippen molar-refractivity contribution in [3.63, 3.8) is 0 Å². The highest BCUT2D eigenvalue weighted by atomic mass is 14.1. The molecule has 3 aromatic carbocycles. The molecule has 0 saturated heterocycles. The van der Waals surface area contributed by atoms with Crippen molar-refractivity contribution < 1.29 is 0 Å². The molecule has 104 valence electrons. The molecule has 0 amide bonds. The number of hydrogen-bond donors (Lipinski definition) is 0. The Bertz CT molecular complexity index is 776. The molecule has 3 rings (SSSR count). The maximum absolute atomic E-state index is 3.93. The summed E-state index contributed by atoms with van der Waals surface area (Å²) >= 11 is 0. The third-order valence-corrected chi connectivity index (χ3v) is 4.11. The molecule has 0 heteroatoms. The van der Waals surface area contributed by atoms with Gasteiger partial charge >= 0.3 is 0 Å². The van der Waals surface area contributed by atoms with Crippen LogP contribution in [0.5, 0.6) is 0 Å². The van der Waals surface area contributed by atoms with Gasteiger partial charge in [-0.2, -0.15) is 0 Å². The Labute approximate surface area is 126 Å². The van der Waals surface area contributed by atoms with Gasteiger partial charge in [-0.25, -0.2) is 0 Å². The van der Waals surface area contributed by atoms with Crippen molar-refractivity contribution in [2.75, 3.05) is 0 Å². The predicted molar refractivity (Wildman–Crippen MR) is 92.7 cm³/mol. The normalized spacial score (nSPS) is 10.7. The van der Waals surface area contributed by atoms with Crippen molar-refractivity contribution in [3.05, 3.63) is 89.5 Å². The Morgan fingerprint density at radius 3 is 2.19 bits per heavy atom. The Balaban J connectivity index is 2.15. The molecule has 0 saturated carbocycles. The standard InChI is InChI=1S/C21H20/c1-3-16-9-5-6-10-19(16)15-20-14-8-13-18-12-7-11-17(4-2)21(18)20/h3,5-14H,1,4,15H2,2H3. The molecule has 0 nitrogen and oxygen atoms in total. The van der Waals surface area contributed by atoms with Gasteiger partial charge in [0.25, 0.3) is 0 Å². The first-order chi connectivity index (χ1) is 10.3. The minimum Gasteiger partial charge on any atom is -0.0985 e. The summed E-state index contributed by atoms with van der Waals surface area (Å²) in [7, 11) is 0. The van der Waals surface area contributed by atoms with E-state index in [9.17, 15) is 0 Å². The fraction of sp³-hybridized carbons (Fsp3) is 0.143.